The summed E-state index contributed by atoms with van der Waals surface area (Å²) >= 11 is 12.8. The Morgan fingerprint density at radius 3 is 2.79 bits per heavy atom. The lowest BCUT2D eigenvalue weighted by Crippen LogP contribution is -2.41. The van der Waals surface area contributed by atoms with E-state index in [4.69, 9.17) is 28.2 Å². The van der Waals surface area contributed by atoms with E-state index in [9.17, 15) is 10.1 Å². The van der Waals surface area contributed by atoms with Gasteiger partial charge >= 0.3 is 0 Å². The van der Waals surface area contributed by atoms with E-state index >= 15 is 4.39 Å². The number of nitrogens with one attached hydrogen (secondary N) is 1. The number of H-pyrrole nitrogens is 1. The van der Waals surface area contributed by atoms with Crippen LogP contribution in [0.2, 0.25) is 10.0 Å². The highest BCUT2D eigenvalue weighted by atomic mass is 35.5. The summed E-state index contributed by atoms with van der Waals surface area (Å²) in [4.78, 5) is 23.8. The van der Waals surface area contributed by atoms with Crippen LogP contribution in [0.5, 0.6) is 0 Å². The molecule has 1 N–H and O–H groups in total. The molecule has 5 nitrogen and oxygen atoms in total. The summed E-state index contributed by atoms with van der Waals surface area (Å²) in [5.74, 6) is 0.424. The lowest BCUT2D eigenvalue weighted by Gasteiger charge is -2.35. The number of fused-ring (bicyclic) bond motifs is 5. The van der Waals surface area contributed by atoms with Crippen molar-refractivity contribution in [2.75, 3.05) is 0 Å². The molecule has 1 saturated heterocycles. The molecule has 3 aliphatic rings. The van der Waals surface area contributed by atoms with Crippen molar-refractivity contribution in [2.45, 2.75) is 64.0 Å². The maximum Gasteiger partial charge on any atom is 0.226 e. The number of piperidine rings is 1. The molecule has 3 fully saturated rings. The second-order valence-corrected chi connectivity index (χ2v) is 12.1. The van der Waals surface area contributed by atoms with Crippen LogP contribution in [0, 0.1) is 35.9 Å². The first-order valence-electron chi connectivity index (χ1n) is 13.6. The van der Waals surface area contributed by atoms with Crippen LogP contribution in [0.1, 0.15) is 61.5 Å². The number of nitrogens with zero attached hydrogens (tertiary/aromatic N) is 3. The summed E-state index contributed by atoms with van der Waals surface area (Å²) in [6.45, 7) is 1.89. The zero-order chi connectivity index (χ0) is 27.0. The number of carbonyl (C=O) groups is 1. The molecule has 2 aliphatic carbocycles. The highest BCUT2D eigenvalue weighted by molar-refractivity contribution is 6.43. The molecule has 2 bridgehead atoms. The molecule has 3 heterocycles. The molecule has 8 heteroatoms. The van der Waals surface area contributed by atoms with Crippen molar-refractivity contribution in [1.82, 2.24) is 14.9 Å². The molecule has 0 radical (unpaired) electrons. The Morgan fingerprint density at radius 1 is 1.21 bits per heavy atom. The summed E-state index contributed by atoms with van der Waals surface area (Å²) in [6, 6.07) is 11.7. The number of pyridine rings is 1. The van der Waals surface area contributed by atoms with Crippen LogP contribution in [0.4, 0.5) is 4.39 Å². The Labute approximate surface area is 235 Å². The summed E-state index contributed by atoms with van der Waals surface area (Å²) in [5.41, 5.74) is 4.28. The Kier molecular flexibility index (Phi) is 5.88. The lowest BCUT2D eigenvalue weighted by atomic mass is 9.93. The zero-order valence-electron chi connectivity index (χ0n) is 21.5. The predicted octanol–water partition coefficient (Wildman–Crippen LogP) is 8.06. The molecule has 3 atom stereocenters. The first-order valence-corrected chi connectivity index (χ1v) is 14.4. The third kappa shape index (κ3) is 3.85. The quantitative estimate of drug-likeness (QED) is 0.268. The van der Waals surface area contributed by atoms with E-state index in [0.29, 0.717) is 51.4 Å². The average Bonchev–Trinajstić information content (AvgIpc) is 3.34. The van der Waals surface area contributed by atoms with Crippen molar-refractivity contribution in [1.29, 1.82) is 5.26 Å². The van der Waals surface area contributed by atoms with Gasteiger partial charge in [-0.25, -0.2) is 9.37 Å². The van der Waals surface area contributed by atoms with E-state index in [2.05, 4.69) is 22.0 Å². The van der Waals surface area contributed by atoms with E-state index in [1.165, 1.54) is 0 Å². The fourth-order valence-corrected chi connectivity index (χ4v) is 7.37. The highest BCUT2D eigenvalue weighted by Crippen LogP contribution is 2.52. The number of amides is 1. The van der Waals surface area contributed by atoms with Crippen LogP contribution in [0.25, 0.3) is 32.9 Å². The Morgan fingerprint density at radius 2 is 2.03 bits per heavy atom. The molecule has 2 aromatic heterocycles. The van der Waals surface area contributed by atoms with Crippen LogP contribution in [0.3, 0.4) is 0 Å². The number of halogens is 3. The van der Waals surface area contributed by atoms with Crippen molar-refractivity contribution in [3.05, 3.63) is 63.1 Å². The van der Waals surface area contributed by atoms with Gasteiger partial charge in [-0.15, -0.1) is 0 Å². The fourth-order valence-electron chi connectivity index (χ4n) is 6.98. The molecule has 7 rings (SSSR count). The summed E-state index contributed by atoms with van der Waals surface area (Å²) in [6.07, 6.45) is 5.82. The molecule has 3 unspecified atom stereocenters. The van der Waals surface area contributed by atoms with Crippen molar-refractivity contribution in [2.24, 2.45) is 11.8 Å². The second-order valence-electron chi connectivity index (χ2n) is 11.3. The molecule has 2 aromatic carbocycles. The number of aromatic nitrogens is 2. The first-order chi connectivity index (χ1) is 18.9. The monoisotopic (exact) mass is 560 g/mol. The van der Waals surface area contributed by atoms with Crippen molar-refractivity contribution in [3.8, 4) is 17.2 Å². The van der Waals surface area contributed by atoms with E-state index in [-0.39, 0.29) is 28.9 Å². The van der Waals surface area contributed by atoms with Crippen LogP contribution in [-0.2, 0) is 11.2 Å². The minimum Gasteiger partial charge on any atom is -0.356 e. The average molecular weight is 561 g/mol. The van der Waals surface area contributed by atoms with E-state index in [1.54, 1.807) is 18.2 Å². The normalized spacial score (nSPS) is 22.2. The number of likely N-dealkylation sites (tertiary alicyclic amines) is 1. The van der Waals surface area contributed by atoms with Crippen molar-refractivity contribution >= 4 is 50.9 Å². The van der Waals surface area contributed by atoms with Gasteiger partial charge in [0.15, 0.2) is 5.82 Å². The Bertz CT molecular complexity index is 1720. The number of carbonyl (C=O) groups excluding carboxylic acids is 1. The minimum absolute atomic E-state index is 0.0196. The molecular formula is C31H27Cl2FN4O. The van der Waals surface area contributed by atoms with Gasteiger partial charge in [0.2, 0.25) is 5.91 Å². The van der Waals surface area contributed by atoms with Gasteiger partial charge in [0, 0.05) is 51.7 Å². The van der Waals surface area contributed by atoms with E-state index < -0.39 is 5.82 Å². The fraction of sp³-hybridized carbons (Fsp3) is 0.387. The third-order valence-corrected chi connectivity index (χ3v) is 9.73. The molecule has 0 spiro atoms. The van der Waals surface area contributed by atoms with Gasteiger partial charge in [-0.05, 0) is 75.1 Å². The molecule has 2 saturated carbocycles. The highest BCUT2D eigenvalue weighted by Gasteiger charge is 2.51. The molecule has 1 aliphatic heterocycles. The topological polar surface area (TPSA) is 72.8 Å². The van der Waals surface area contributed by atoms with E-state index in [1.807, 2.05) is 13.0 Å². The van der Waals surface area contributed by atoms with Gasteiger partial charge in [0.1, 0.15) is 5.52 Å². The Hall–Kier alpha value is -3.14. The van der Waals surface area contributed by atoms with Crippen molar-refractivity contribution in [3.63, 3.8) is 0 Å². The SMILES string of the molecule is Cc1nc2c(F)c(-c3cccc(Cl)c3Cl)c(CCC#N)cc2c2[nH]c(C3C4CCC(C4)N3C(=O)C3CC3)cc12. The zero-order valence-corrected chi connectivity index (χ0v) is 23.0. The number of aromatic amines is 1. The second kappa shape index (κ2) is 9.21. The van der Waals surface area contributed by atoms with Crippen molar-refractivity contribution < 1.29 is 9.18 Å². The number of benzene rings is 2. The number of hydrogen-bond acceptors (Lipinski definition) is 3. The van der Waals surface area contributed by atoms with Crippen LogP contribution < -0.4 is 0 Å². The molecular weight excluding hydrogens is 534 g/mol. The summed E-state index contributed by atoms with van der Waals surface area (Å²) < 4.78 is 16.4. The standard InChI is InChI=1S/C31H27Cl2FN4O/c1-15-21-14-24(30-18-9-10-19(12-18)38(30)31(39)16-7-8-16)37-28(21)22-13-17(4-3-11-35)25(27(34)29(22)36-15)20-5-2-6-23(32)26(20)33/h2,5-6,13-14,16,18-19,30,37H,3-4,7-10,12H2,1H3. The summed E-state index contributed by atoms with van der Waals surface area (Å²) in [5, 5.41) is 11.5. The number of hydrogen-bond donors (Lipinski definition) is 1. The van der Waals surface area contributed by atoms with Gasteiger partial charge in [0.05, 0.1) is 27.7 Å². The molecule has 1 amide bonds. The van der Waals surface area contributed by atoms with Gasteiger partial charge in [-0.2, -0.15) is 5.26 Å². The van der Waals surface area contributed by atoms with Crippen LogP contribution in [-0.4, -0.2) is 26.8 Å². The lowest BCUT2D eigenvalue weighted by molar-refractivity contribution is -0.137. The van der Waals surface area contributed by atoms with Crippen LogP contribution in [0.15, 0.2) is 30.3 Å². The molecule has 198 valence electrons. The molecule has 4 aromatic rings. The van der Waals surface area contributed by atoms with Gasteiger partial charge in [0.25, 0.3) is 0 Å². The van der Waals surface area contributed by atoms with Gasteiger partial charge in [-0.3, -0.25) is 4.79 Å². The minimum atomic E-state index is -0.476. The maximum absolute atomic E-state index is 16.4. The largest absolute Gasteiger partial charge is 0.356 e. The maximum atomic E-state index is 16.4. The summed E-state index contributed by atoms with van der Waals surface area (Å²) in [7, 11) is 0. The molecule has 39 heavy (non-hydrogen) atoms. The first kappa shape index (κ1) is 24.9. The van der Waals surface area contributed by atoms with Crippen LogP contribution >= 0.6 is 23.2 Å². The number of aryl methyl sites for hydroxylation is 2. The number of rotatable bonds is 5. The Balaban J connectivity index is 1.43. The third-order valence-electron chi connectivity index (χ3n) is 8.91. The predicted molar refractivity (Wildman–Crippen MR) is 151 cm³/mol. The van der Waals surface area contributed by atoms with Gasteiger partial charge < -0.3 is 9.88 Å². The van der Waals surface area contributed by atoms with Gasteiger partial charge in [-0.1, -0.05) is 35.3 Å². The number of nitriles is 1. The smallest absolute Gasteiger partial charge is 0.226 e. The van der Waals surface area contributed by atoms with E-state index in [0.717, 1.165) is 54.4 Å².